The van der Waals surface area contributed by atoms with Crippen molar-refractivity contribution in [3.05, 3.63) is 53.6 Å². The Morgan fingerprint density at radius 3 is 2.65 bits per heavy atom. The molecule has 1 saturated heterocycles. The number of likely N-dealkylation sites (tertiary alicyclic amines) is 1. The zero-order valence-corrected chi connectivity index (χ0v) is 13.5. The van der Waals surface area contributed by atoms with Crippen molar-refractivity contribution in [1.82, 2.24) is 9.88 Å². The molecule has 1 fully saturated rings. The van der Waals surface area contributed by atoms with Gasteiger partial charge in [-0.1, -0.05) is 12.1 Å². The van der Waals surface area contributed by atoms with Gasteiger partial charge in [-0.15, -0.1) is 0 Å². The molecule has 2 heterocycles. The minimum atomic E-state index is -0.200. The Kier molecular flexibility index (Phi) is 4.76. The van der Waals surface area contributed by atoms with Crippen LogP contribution in [0, 0.1) is 5.82 Å². The van der Waals surface area contributed by atoms with E-state index in [1.165, 1.54) is 12.1 Å². The van der Waals surface area contributed by atoms with Gasteiger partial charge in [0.25, 0.3) is 0 Å². The summed E-state index contributed by atoms with van der Waals surface area (Å²) < 4.78 is 24.0. The fourth-order valence-corrected chi connectivity index (χ4v) is 3.23. The summed E-state index contributed by atoms with van der Waals surface area (Å²) in [5.41, 5.74) is 2.01. The van der Waals surface area contributed by atoms with E-state index in [9.17, 15) is 4.39 Å². The quantitative estimate of drug-likeness (QED) is 0.844. The molecular weight excluding hydrogens is 295 g/mol. The molecule has 0 unspecified atom stereocenters. The van der Waals surface area contributed by atoms with E-state index < -0.39 is 0 Å². The third-order valence-corrected chi connectivity index (χ3v) is 4.34. The van der Waals surface area contributed by atoms with Gasteiger partial charge in [0.05, 0.1) is 14.2 Å². The zero-order valence-electron chi connectivity index (χ0n) is 13.5. The highest BCUT2D eigenvalue weighted by Gasteiger charge is 2.27. The van der Waals surface area contributed by atoms with Crippen LogP contribution in [0.2, 0.25) is 0 Å². The van der Waals surface area contributed by atoms with Crippen molar-refractivity contribution in [2.45, 2.75) is 25.4 Å². The molecule has 3 rings (SSSR count). The Bertz CT molecular complexity index is 661. The van der Waals surface area contributed by atoms with Gasteiger partial charge in [-0.2, -0.15) is 0 Å². The Balaban J connectivity index is 1.83. The molecule has 0 aliphatic carbocycles. The number of hydrogen-bond acceptors (Lipinski definition) is 4. The Morgan fingerprint density at radius 2 is 1.96 bits per heavy atom. The second kappa shape index (κ2) is 6.96. The molecule has 122 valence electrons. The van der Waals surface area contributed by atoms with Gasteiger partial charge >= 0.3 is 0 Å². The molecule has 4 nitrogen and oxygen atoms in total. The normalized spacial score (nSPS) is 18.1. The van der Waals surface area contributed by atoms with Crippen molar-refractivity contribution in [3.8, 4) is 11.5 Å². The number of aromatic nitrogens is 1. The van der Waals surface area contributed by atoms with Crippen molar-refractivity contribution in [3.63, 3.8) is 0 Å². The van der Waals surface area contributed by atoms with Gasteiger partial charge in [0, 0.05) is 24.8 Å². The molecule has 0 saturated carbocycles. The topological polar surface area (TPSA) is 34.6 Å². The van der Waals surface area contributed by atoms with E-state index in [1.807, 2.05) is 12.1 Å². The summed E-state index contributed by atoms with van der Waals surface area (Å²) in [6.07, 6.45) is 3.92. The smallest absolute Gasteiger partial charge is 0.183 e. The first-order chi connectivity index (χ1) is 11.2. The predicted molar refractivity (Wildman–Crippen MR) is 86.1 cm³/mol. The van der Waals surface area contributed by atoms with Gasteiger partial charge in [-0.05, 0) is 37.1 Å². The van der Waals surface area contributed by atoms with Gasteiger partial charge in [0.15, 0.2) is 11.5 Å². The average molecular weight is 316 g/mol. The fraction of sp³-hybridized carbons (Fsp3) is 0.389. The number of methoxy groups -OCH3 is 2. The van der Waals surface area contributed by atoms with E-state index in [0.29, 0.717) is 18.0 Å². The highest BCUT2D eigenvalue weighted by molar-refractivity contribution is 5.42. The molecule has 23 heavy (non-hydrogen) atoms. The minimum absolute atomic E-state index is 0.200. The van der Waals surface area contributed by atoms with Crippen LogP contribution in [0.1, 0.15) is 30.1 Å². The zero-order chi connectivity index (χ0) is 16.2. The van der Waals surface area contributed by atoms with E-state index in [1.54, 1.807) is 26.5 Å². The van der Waals surface area contributed by atoms with Gasteiger partial charge in [-0.3, -0.25) is 9.88 Å². The number of hydrogen-bond donors (Lipinski definition) is 0. The lowest BCUT2D eigenvalue weighted by atomic mass is 10.0. The van der Waals surface area contributed by atoms with Crippen molar-refractivity contribution in [2.75, 3.05) is 20.8 Å². The van der Waals surface area contributed by atoms with E-state index in [2.05, 4.69) is 9.88 Å². The summed E-state index contributed by atoms with van der Waals surface area (Å²) in [6.45, 7) is 1.67. The minimum Gasteiger partial charge on any atom is -0.493 e. The molecule has 2 aromatic rings. The Morgan fingerprint density at radius 1 is 1.17 bits per heavy atom. The molecule has 1 aliphatic rings. The van der Waals surface area contributed by atoms with Crippen molar-refractivity contribution in [1.29, 1.82) is 0 Å². The van der Waals surface area contributed by atoms with Gasteiger partial charge < -0.3 is 9.47 Å². The molecule has 0 amide bonds. The summed E-state index contributed by atoms with van der Waals surface area (Å²) in [5, 5.41) is 0. The number of halogens is 1. The van der Waals surface area contributed by atoms with Crippen molar-refractivity contribution < 1.29 is 13.9 Å². The van der Waals surface area contributed by atoms with Crippen LogP contribution in [0.5, 0.6) is 11.5 Å². The summed E-state index contributed by atoms with van der Waals surface area (Å²) in [5.74, 6) is 1.17. The first-order valence-corrected chi connectivity index (χ1v) is 7.78. The standard InChI is InChI=1S/C18H21FN2O2/c1-22-17-9-10-20-15(18(17)23-2)12-21-11-3-4-16(21)13-5-7-14(19)8-6-13/h5-10,16H,3-4,11-12H2,1-2H3/t16-/m0/s1. The number of pyridine rings is 1. The molecule has 0 bridgehead atoms. The summed E-state index contributed by atoms with van der Waals surface area (Å²) >= 11 is 0. The van der Waals surface area contributed by atoms with Gasteiger partial charge in [0.1, 0.15) is 11.5 Å². The van der Waals surface area contributed by atoms with Crippen LogP contribution < -0.4 is 9.47 Å². The van der Waals surface area contributed by atoms with Gasteiger partial charge in [-0.25, -0.2) is 4.39 Å². The highest BCUT2D eigenvalue weighted by atomic mass is 19.1. The lowest BCUT2D eigenvalue weighted by Gasteiger charge is -2.25. The maximum absolute atomic E-state index is 13.1. The second-order valence-corrected chi connectivity index (χ2v) is 5.67. The molecule has 0 radical (unpaired) electrons. The molecule has 5 heteroatoms. The molecule has 0 spiro atoms. The van der Waals surface area contributed by atoms with Crippen molar-refractivity contribution in [2.24, 2.45) is 0 Å². The first kappa shape index (κ1) is 15.7. The Hall–Kier alpha value is -2.14. The summed E-state index contributed by atoms with van der Waals surface area (Å²) in [6, 6.07) is 8.87. The first-order valence-electron chi connectivity index (χ1n) is 7.78. The SMILES string of the molecule is COc1ccnc(CN2CCC[C@H]2c2ccc(F)cc2)c1OC. The Labute approximate surface area is 135 Å². The van der Waals surface area contributed by atoms with Crippen LogP contribution >= 0.6 is 0 Å². The van der Waals surface area contributed by atoms with Crippen LogP contribution in [-0.4, -0.2) is 30.6 Å². The largest absolute Gasteiger partial charge is 0.493 e. The number of benzene rings is 1. The molecule has 0 N–H and O–H groups in total. The maximum Gasteiger partial charge on any atom is 0.183 e. The van der Waals surface area contributed by atoms with Crippen LogP contribution in [0.3, 0.4) is 0 Å². The number of rotatable bonds is 5. The fourth-order valence-electron chi connectivity index (χ4n) is 3.23. The van der Waals surface area contributed by atoms with Gasteiger partial charge in [0.2, 0.25) is 0 Å². The van der Waals surface area contributed by atoms with Crippen LogP contribution in [0.4, 0.5) is 4.39 Å². The highest BCUT2D eigenvalue weighted by Crippen LogP contribution is 2.36. The van der Waals surface area contributed by atoms with Crippen molar-refractivity contribution >= 4 is 0 Å². The lowest BCUT2D eigenvalue weighted by Crippen LogP contribution is -2.23. The van der Waals surface area contributed by atoms with E-state index in [-0.39, 0.29) is 11.9 Å². The molecule has 1 aliphatic heterocycles. The summed E-state index contributed by atoms with van der Waals surface area (Å²) in [7, 11) is 3.25. The third-order valence-electron chi connectivity index (χ3n) is 4.34. The number of nitrogens with zero attached hydrogens (tertiary/aromatic N) is 2. The molecular formula is C18H21FN2O2. The van der Waals surface area contributed by atoms with E-state index >= 15 is 0 Å². The monoisotopic (exact) mass is 316 g/mol. The molecule has 1 aromatic carbocycles. The second-order valence-electron chi connectivity index (χ2n) is 5.67. The van der Waals surface area contributed by atoms with E-state index in [4.69, 9.17) is 9.47 Å². The lowest BCUT2D eigenvalue weighted by molar-refractivity contribution is 0.239. The summed E-state index contributed by atoms with van der Waals surface area (Å²) in [4.78, 5) is 6.82. The van der Waals surface area contributed by atoms with E-state index in [0.717, 1.165) is 30.6 Å². The molecule has 1 aromatic heterocycles. The molecule has 1 atom stereocenters. The third kappa shape index (κ3) is 3.29. The number of ether oxygens (including phenoxy) is 2. The predicted octanol–water partition coefficient (Wildman–Crippen LogP) is 3.58. The average Bonchev–Trinajstić information content (AvgIpc) is 3.03. The maximum atomic E-state index is 13.1. The van der Waals surface area contributed by atoms with Crippen LogP contribution in [0.15, 0.2) is 36.5 Å². The van der Waals surface area contributed by atoms with Crippen LogP contribution in [-0.2, 0) is 6.54 Å². The van der Waals surface area contributed by atoms with Crippen LogP contribution in [0.25, 0.3) is 0 Å².